The van der Waals surface area contributed by atoms with Crippen LogP contribution < -0.4 is 5.32 Å². The molecular weight excluding hydrogens is 196 g/mol. The van der Waals surface area contributed by atoms with E-state index in [2.05, 4.69) is 31.0 Å². The summed E-state index contributed by atoms with van der Waals surface area (Å²) < 4.78 is 0. The van der Waals surface area contributed by atoms with Crippen LogP contribution in [0.3, 0.4) is 0 Å². The van der Waals surface area contributed by atoms with Crippen molar-refractivity contribution in [1.82, 2.24) is 10.2 Å². The summed E-state index contributed by atoms with van der Waals surface area (Å²) in [4.78, 5) is 2.56. The summed E-state index contributed by atoms with van der Waals surface area (Å²) >= 11 is 0. The number of hydrogen-bond donors (Lipinski definition) is 1. The Balaban J connectivity index is 2.41. The summed E-state index contributed by atoms with van der Waals surface area (Å²) in [5.41, 5.74) is 0. The first-order chi connectivity index (χ1) is 7.81. The molecule has 2 heteroatoms. The molecule has 0 spiro atoms. The molecular formula is C14H30N2. The van der Waals surface area contributed by atoms with E-state index >= 15 is 0 Å². The first-order valence-electron chi connectivity index (χ1n) is 7.27. The molecule has 0 aliphatic heterocycles. The van der Waals surface area contributed by atoms with Gasteiger partial charge in [-0.15, -0.1) is 0 Å². The maximum absolute atomic E-state index is 3.77. The van der Waals surface area contributed by atoms with Crippen molar-refractivity contribution in [3.63, 3.8) is 0 Å². The summed E-state index contributed by atoms with van der Waals surface area (Å²) in [5.74, 6) is 0.937. The molecule has 1 unspecified atom stereocenters. The molecule has 0 aromatic carbocycles. The third kappa shape index (κ3) is 4.42. The van der Waals surface area contributed by atoms with Crippen molar-refractivity contribution in [3.05, 3.63) is 0 Å². The van der Waals surface area contributed by atoms with Crippen LogP contribution in [-0.4, -0.2) is 37.1 Å². The van der Waals surface area contributed by atoms with Gasteiger partial charge in [0, 0.05) is 12.6 Å². The zero-order valence-electron chi connectivity index (χ0n) is 11.5. The average molecular weight is 226 g/mol. The molecule has 16 heavy (non-hydrogen) atoms. The molecule has 96 valence electrons. The lowest BCUT2D eigenvalue weighted by Crippen LogP contribution is -2.45. The highest BCUT2D eigenvalue weighted by atomic mass is 15.1. The van der Waals surface area contributed by atoms with Gasteiger partial charge in [-0.05, 0) is 44.8 Å². The van der Waals surface area contributed by atoms with Crippen molar-refractivity contribution in [1.29, 1.82) is 0 Å². The third-order valence-corrected chi connectivity index (χ3v) is 3.97. The highest BCUT2D eigenvalue weighted by Gasteiger charge is 2.25. The minimum absolute atomic E-state index is 0.738. The van der Waals surface area contributed by atoms with E-state index in [0.717, 1.165) is 12.0 Å². The van der Waals surface area contributed by atoms with Crippen molar-refractivity contribution < 1.29 is 0 Å². The lowest BCUT2D eigenvalue weighted by atomic mass is 9.97. The molecule has 2 nitrogen and oxygen atoms in total. The first kappa shape index (κ1) is 14.0. The van der Waals surface area contributed by atoms with Crippen molar-refractivity contribution in [3.8, 4) is 0 Å². The Kier molecular flexibility index (Phi) is 7.06. The van der Waals surface area contributed by atoms with Gasteiger partial charge in [0.15, 0.2) is 0 Å². The number of nitrogens with one attached hydrogen (secondary N) is 1. The summed E-state index contributed by atoms with van der Waals surface area (Å²) in [7, 11) is 0. The Hall–Kier alpha value is -0.0800. The zero-order valence-corrected chi connectivity index (χ0v) is 11.5. The second kappa shape index (κ2) is 8.08. The largest absolute Gasteiger partial charge is 0.312 e. The van der Waals surface area contributed by atoms with Crippen molar-refractivity contribution in [2.45, 2.75) is 58.9 Å². The van der Waals surface area contributed by atoms with E-state index in [1.54, 1.807) is 0 Å². The van der Waals surface area contributed by atoms with E-state index < -0.39 is 0 Å². The van der Waals surface area contributed by atoms with Crippen LogP contribution in [0.25, 0.3) is 0 Å². The Morgan fingerprint density at radius 2 is 1.75 bits per heavy atom. The summed E-state index contributed by atoms with van der Waals surface area (Å²) in [6.45, 7) is 11.6. The van der Waals surface area contributed by atoms with E-state index in [-0.39, 0.29) is 0 Å². The second-order valence-electron chi connectivity index (χ2n) is 5.09. The quantitative estimate of drug-likeness (QED) is 0.684. The topological polar surface area (TPSA) is 15.3 Å². The van der Waals surface area contributed by atoms with Crippen molar-refractivity contribution in [2.75, 3.05) is 26.2 Å². The molecule has 0 saturated heterocycles. The van der Waals surface area contributed by atoms with Crippen LogP contribution in [0.4, 0.5) is 0 Å². The molecule has 1 aliphatic rings. The minimum atomic E-state index is 0.738. The maximum Gasteiger partial charge on any atom is 0.0223 e. The van der Waals surface area contributed by atoms with Crippen LogP contribution in [0.5, 0.6) is 0 Å². The molecule has 1 rings (SSSR count). The van der Waals surface area contributed by atoms with Gasteiger partial charge in [0.25, 0.3) is 0 Å². The molecule has 0 heterocycles. The predicted octanol–water partition coefficient (Wildman–Crippen LogP) is 2.89. The molecule has 0 bridgehead atoms. The molecule has 1 atom stereocenters. The van der Waals surface area contributed by atoms with E-state index in [1.807, 2.05) is 0 Å². The fraction of sp³-hybridized carbons (Fsp3) is 1.00. The second-order valence-corrected chi connectivity index (χ2v) is 5.09. The normalized spacial score (nSPS) is 19.5. The standard InChI is InChI=1S/C14H30N2/c1-4-11-15-14(12-16(5-2)6-3)13-9-7-8-10-13/h13-15H,4-12H2,1-3H3. The van der Waals surface area contributed by atoms with Gasteiger partial charge in [-0.2, -0.15) is 0 Å². The Bertz CT molecular complexity index is 160. The number of likely N-dealkylation sites (N-methyl/N-ethyl adjacent to an activating group) is 1. The van der Waals surface area contributed by atoms with Gasteiger partial charge in [-0.1, -0.05) is 33.6 Å². The lowest BCUT2D eigenvalue weighted by molar-refractivity contribution is 0.224. The molecule has 0 radical (unpaired) electrons. The number of hydrogen-bond acceptors (Lipinski definition) is 2. The van der Waals surface area contributed by atoms with E-state index in [9.17, 15) is 0 Å². The molecule has 0 amide bonds. The number of rotatable bonds is 8. The van der Waals surface area contributed by atoms with Crippen LogP contribution in [-0.2, 0) is 0 Å². The summed E-state index contributed by atoms with van der Waals surface area (Å²) in [6.07, 6.45) is 7.05. The van der Waals surface area contributed by atoms with Gasteiger partial charge in [0.1, 0.15) is 0 Å². The van der Waals surface area contributed by atoms with Gasteiger partial charge in [-0.25, -0.2) is 0 Å². The van der Waals surface area contributed by atoms with Crippen molar-refractivity contribution >= 4 is 0 Å². The summed E-state index contributed by atoms with van der Waals surface area (Å²) in [6, 6.07) is 0.738. The fourth-order valence-electron chi connectivity index (χ4n) is 2.83. The SMILES string of the molecule is CCCNC(CN(CC)CC)C1CCCC1. The van der Waals surface area contributed by atoms with Crippen molar-refractivity contribution in [2.24, 2.45) is 5.92 Å². The molecule has 0 aromatic heterocycles. The number of nitrogens with zero attached hydrogens (tertiary/aromatic N) is 1. The fourth-order valence-corrected chi connectivity index (χ4v) is 2.83. The van der Waals surface area contributed by atoms with Crippen LogP contribution in [0.2, 0.25) is 0 Å². The van der Waals surface area contributed by atoms with E-state index in [4.69, 9.17) is 0 Å². The van der Waals surface area contributed by atoms with Crippen LogP contribution in [0.15, 0.2) is 0 Å². The van der Waals surface area contributed by atoms with Gasteiger partial charge in [0.05, 0.1) is 0 Å². The Labute approximate surface area is 102 Å². The van der Waals surface area contributed by atoms with Gasteiger partial charge < -0.3 is 10.2 Å². The zero-order chi connectivity index (χ0) is 11.8. The third-order valence-electron chi connectivity index (χ3n) is 3.97. The molecule has 1 saturated carbocycles. The monoisotopic (exact) mass is 226 g/mol. The molecule has 1 N–H and O–H groups in total. The maximum atomic E-state index is 3.77. The summed E-state index contributed by atoms with van der Waals surface area (Å²) in [5, 5.41) is 3.77. The van der Waals surface area contributed by atoms with Gasteiger partial charge in [-0.3, -0.25) is 0 Å². The average Bonchev–Trinajstić information content (AvgIpc) is 2.83. The smallest absolute Gasteiger partial charge is 0.0223 e. The molecule has 0 aromatic rings. The van der Waals surface area contributed by atoms with Crippen LogP contribution in [0.1, 0.15) is 52.9 Å². The van der Waals surface area contributed by atoms with E-state index in [0.29, 0.717) is 0 Å². The highest BCUT2D eigenvalue weighted by molar-refractivity contribution is 4.82. The van der Waals surface area contributed by atoms with Gasteiger partial charge >= 0.3 is 0 Å². The predicted molar refractivity (Wildman–Crippen MR) is 71.8 cm³/mol. The lowest BCUT2D eigenvalue weighted by Gasteiger charge is -2.30. The van der Waals surface area contributed by atoms with Gasteiger partial charge in [0.2, 0.25) is 0 Å². The Morgan fingerprint density at radius 3 is 2.25 bits per heavy atom. The van der Waals surface area contributed by atoms with Crippen LogP contribution in [0, 0.1) is 5.92 Å². The molecule has 1 aliphatic carbocycles. The first-order valence-corrected chi connectivity index (χ1v) is 7.27. The van der Waals surface area contributed by atoms with Crippen LogP contribution >= 0.6 is 0 Å². The highest BCUT2D eigenvalue weighted by Crippen LogP contribution is 2.28. The molecule has 1 fully saturated rings. The Morgan fingerprint density at radius 1 is 1.12 bits per heavy atom. The van der Waals surface area contributed by atoms with E-state index in [1.165, 1.54) is 58.3 Å². The minimum Gasteiger partial charge on any atom is -0.312 e.